The zero-order chi connectivity index (χ0) is 20.7. The van der Waals surface area contributed by atoms with Crippen LogP contribution in [0.2, 0.25) is 0 Å². The number of nitrogens with zero attached hydrogens (tertiary/aromatic N) is 1. The molecule has 4 rings (SSSR count). The van der Waals surface area contributed by atoms with Gasteiger partial charge in [0.05, 0.1) is 0 Å². The second-order valence-electron chi connectivity index (χ2n) is 7.73. The van der Waals surface area contributed by atoms with Gasteiger partial charge in [-0.1, -0.05) is 61.9 Å². The van der Waals surface area contributed by atoms with Crippen LogP contribution < -0.4 is 0 Å². The van der Waals surface area contributed by atoms with Gasteiger partial charge in [-0.25, -0.2) is 0 Å². The predicted octanol–water partition coefficient (Wildman–Crippen LogP) is 7.44. The monoisotopic (exact) mass is 460 g/mol. The second kappa shape index (κ2) is 10.4. The van der Waals surface area contributed by atoms with Gasteiger partial charge in [-0.05, 0) is 30.4 Å². The van der Waals surface area contributed by atoms with Gasteiger partial charge < -0.3 is 0 Å². The molecule has 0 unspecified atom stereocenters. The van der Waals surface area contributed by atoms with Crippen LogP contribution in [0, 0.1) is 0 Å². The number of hydrogen-bond donors (Lipinski definition) is 0. The van der Waals surface area contributed by atoms with Crippen molar-refractivity contribution in [2.24, 2.45) is 0 Å². The van der Waals surface area contributed by atoms with Gasteiger partial charge in [0.1, 0.15) is 0 Å². The van der Waals surface area contributed by atoms with Crippen LogP contribution in [0.25, 0.3) is 10.8 Å². The van der Waals surface area contributed by atoms with E-state index >= 15 is 0 Å². The average Bonchev–Trinajstić information content (AvgIpc) is 3.09. The van der Waals surface area contributed by atoms with Gasteiger partial charge in [-0.2, -0.15) is 0 Å². The minimum absolute atomic E-state index is 0.0306. The van der Waals surface area contributed by atoms with Crippen molar-refractivity contribution >= 4 is 30.9 Å². The fourth-order valence-corrected chi connectivity index (χ4v) is 3.90. The number of fused-ring (bicyclic) bond motifs is 1. The van der Waals surface area contributed by atoms with E-state index in [-0.39, 0.29) is 18.8 Å². The summed E-state index contributed by atoms with van der Waals surface area (Å²) >= 11 is -0.181. The summed E-state index contributed by atoms with van der Waals surface area (Å²) in [6, 6.07) is 28.1. The maximum absolute atomic E-state index is 4.83. The number of hydrogen-bond acceptors (Lipinski definition) is 1. The van der Waals surface area contributed by atoms with Gasteiger partial charge in [0.25, 0.3) is 0 Å². The minimum atomic E-state index is -0.181. The third kappa shape index (κ3) is 5.68. The summed E-state index contributed by atoms with van der Waals surface area (Å²) < 4.78 is 0. The van der Waals surface area contributed by atoms with Gasteiger partial charge in [-0.3, -0.25) is 4.98 Å². The van der Waals surface area contributed by atoms with Crippen molar-refractivity contribution in [1.82, 2.24) is 4.98 Å². The fourth-order valence-electron chi connectivity index (χ4n) is 3.90. The molecule has 1 heterocycles. The van der Waals surface area contributed by atoms with Gasteiger partial charge >= 0.3 is 33.5 Å². The molecule has 0 N–H and O–H groups in total. The second-order valence-corrected chi connectivity index (χ2v) is 9.84. The Morgan fingerprint density at radius 2 is 1.55 bits per heavy atom. The van der Waals surface area contributed by atoms with Gasteiger partial charge in [0.15, 0.2) is 0 Å². The fraction of sp³-hybridized carbons (Fsp3) is 0.200. The molecular weight excluding hydrogens is 437 g/mol. The molecule has 0 aliphatic rings. The number of halogens is 2. The number of rotatable bonds is 5. The topological polar surface area (TPSA) is 12.9 Å². The van der Waals surface area contributed by atoms with Crippen LogP contribution in [0.3, 0.4) is 0 Å². The van der Waals surface area contributed by atoms with E-state index in [1.54, 1.807) is 0 Å². The number of aromatic nitrogens is 1. The van der Waals surface area contributed by atoms with Crippen LogP contribution in [-0.2, 0) is 31.6 Å². The normalized spacial score (nSPS) is 11.0. The molecule has 1 aromatic heterocycles. The van der Waals surface area contributed by atoms with E-state index in [2.05, 4.69) is 91.6 Å². The summed E-state index contributed by atoms with van der Waals surface area (Å²) in [6.45, 7) is 4.66. The quantitative estimate of drug-likeness (QED) is 0.282. The molecule has 0 aliphatic heterocycles. The van der Waals surface area contributed by atoms with Crippen LogP contribution in [-0.4, -0.2) is 4.98 Å². The Labute approximate surface area is 188 Å². The molecule has 0 aliphatic carbocycles. The molecule has 1 nitrogen and oxygen atoms in total. The molecule has 0 atom stereocenters. The Balaban J connectivity index is 0.000000755. The number of pyridine rings is 1. The Morgan fingerprint density at radius 3 is 2.24 bits per heavy atom. The zero-order valence-electron chi connectivity index (χ0n) is 16.6. The van der Waals surface area contributed by atoms with Crippen molar-refractivity contribution < 1.29 is 13.4 Å². The summed E-state index contributed by atoms with van der Waals surface area (Å²) in [6.07, 6.45) is 3.79. The Hall–Kier alpha value is -1.69. The van der Waals surface area contributed by atoms with E-state index in [0.717, 1.165) is 18.5 Å². The van der Waals surface area contributed by atoms with Crippen LogP contribution in [0.15, 0.2) is 85.1 Å². The Morgan fingerprint density at radius 1 is 0.897 bits per heavy atom. The molecule has 4 heteroatoms. The molecule has 0 amide bonds. The first-order valence-corrected chi connectivity index (χ1v) is 13.1. The molecular formula is C25H24Cl2CrN. The van der Waals surface area contributed by atoms with Crippen LogP contribution in [0.4, 0.5) is 0 Å². The first-order chi connectivity index (χ1) is 14.0. The van der Waals surface area contributed by atoms with Gasteiger partial charge in [0, 0.05) is 11.9 Å². The first kappa shape index (κ1) is 22.0. The van der Waals surface area contributed by atoms with E-state index < -0.39 is 0 Å². The van der Waals surface area contributed by atoms with Crippen molar-refractivity contribution in [3.8, 4) is 0 Å². The van der Waals surface area contributed by atoms with Crippen LogP contribution in [0.5, 0.6) is 0 Å². The van der Waals surface area contributed by atoms with Gasteiger partial charge in [0.2, 0.25) is 0 Å². The van der Waals surface area contributed by atoms with Crippen LogP contribution >= 0.6 is 20.1 Å². The summed E-state index contributed by atoms with van der Waals surface area (Å²) in [5.41, 5.74) is 5.37. The average molecular weight is 461 g/mol. The predicted molar refractivity (Wildman–Crippen MR) is 121 cm³/mol. The Bertz CT molecular complexity index is 1030. The molecule has 149 valence electrons. The Kier molecular flexibility index (Phi) is 7.87. The standard InChI is InChI=1S/C25H24N.2ClH.Cr/c1-25(2,18-21-12-8-9-15-26-21)24-17-20(16-19-10-4-3-5-11-19)22-13-6-7-14-23(22)24;;;/h3-15,17H,16,18H2,1-2H3;2*1H;/q-1;;;+3/p-2. The third-order valence-electron chi connectivity index (χ3n) is 5.20. The van der Waals surface area contributed by atoms with Crippen molar-refractivity contribution in [1.29, 1.82) is 0 Å². The number of benzene rings is 2. The van der Waals surface area contributed by atoms with E-state index in [1.165, 1.54) is 27.5 Å². The summed E-state index contributed by atoms with van der Waals surface area (Å²) in [4.78, 5) is 4.54. The molecule has 0 saturated heterocycles. The molecule has 29 heavy (non-hydrogen) atoms. The first-order valence-electron chi connectivity index (χ1n) is 9.56. The van der Waals surface area contributed by atoms with Crippen molar-refractivity contribution in [2.45, 2.75) is 32.1 Å². The summed E-state index contributed by atoms with van der Waals surface area (Å²) in [5.74, 6) is 0. The third-order valence-corrected chi connectivity index (χ3v) is 5.20. The molecule has 0 spiro atoms. The molecule has 4 aromatic rings. The van der Waals surface area contributed by atoms with Crippen LogP contribution in [0.1, 0.15) is 36.2 Å². The van der Waals surface area contributed by atoms with Crippen molar-refractivity contribution in [3.05, 3.63) is 107 Å². The molecule has 0 saturated carbocycles. The molecule has 0 radical (unpaired) electrons. The molecule has 0 fully saturated rings. The maximum atomic E-state index is 4.83. The van der Waals surface area contributed by atoms with Gasteiger partial charge in [-0.15, -0.1) is 46.2 Å². The summed E-state index contributed by atoms with van der Waals surface area (Å²) in [5, 5.41) is 2.75. The zero-order valence-corrected chi connectivity index (χ0v) is 19.4. The molecule has 0 bridgehead atoms. The van der Waals surface area contributed by atoms with E-state index in [9.17, 15) is 0 Å². The van der Waals surface area contributed by atoms with E-state index in [1.807, 2.05) is 12.3 Å². The van der Waals surface area contributed by atoms with Crippen molar-refractivity contribution in [3.63, 3.8) is 0 Å². The molecule has 3 aromatic carbocycles. The van der Waals surface area contributed by atoms with Crippen molar-refractivity contribution in [2.75, 3.05) is 0 Å². The SMILES string of the molecule is CC(C)(Cc1ccccn1)[c-]1cc(Cc2ccccc2)c2ccccc21.[Cl][Cr+][Cl]. The van der Waals surface area contributed by atoms with E-state index in [4.69, 9.17) is 20.1 Å². The summed E-state index contributed by atoms with van der Waals surface area (Å²) in [7, 11) is 9.65. The van der Waals surface area contributed by atoms with E-state index in [0.29, 0.717) is 0 Å².